The van der Waals surface area contributed by atoms with Gasteiger partial charge in [-0.15, -0.1) is 0 Å². The van der Waals surface area contributed by atoms with Crippen molar-refractivity contribution in [2.45, 2.75) is 57.2 Å². The van der Waals surface area contributed by atoms with Crippen molar-refractivity contribution >= 4 is 0 Å². The molecule has 3 rings (SSSR count). The van der Waals surface area contributed by atoms with Crippen LogP contribution in [0, 0.1) is 0 Å². The van der Waals surface area contributed by atoms with E-state index in [4.69, 9.17) is 0 Å². The number of rotatable bonds is 5. The summed E-state index contributed by atoms with van der Waals surface area (Å²) in [5.74, 6) is 0. The van der Waals surface area contributed by atoms with Crippen LogP contribution in [0.1, 0.15) is 44.1 Å². The number of benzene rings is 1. The molecular formula is C19H30N2O. The molecule has 0 bridgehead atoms. The molecule has 1 aliphatic carbocycles. The molecular weight excluding hydrogens is 272 g/mol. The number of hydrogen-bond acceptors (Lipinski definition) is 3. The molecule has 1 unspecified atom stereocenters. The zero-order valence-corrected chi connectivity index (χ0v) is 13.7. The van der Waals surface area contributed by atoms with Gasteiger partial charge in [-0.3, -0.25) is 9.80 Å². The van der Waals surface area contributed by atoms with Gasteiger partial charge in [-0.2, -0.15) is 0 Å². The predicted octanol–water partition coefficient (Wildman–Crippen LogP) is 2.89. The molecule has 1 aromatic carbocycles. The first-order valence-electron chi connectivity index (χ1n) is 8.99. The first-order valence-corrected chi connectivity index (χ1v) is 8.99. The molecule has 0 amide bonds. The summed E-state index contributed by atoms with van der Waals surface area (Å²) in [6.45, 7) is 4.78. The molecule has 0 radical (unpaired) electrons. The molecule has 1 atom stereocenters. The first-order chi connectivity index (χ1) is 10.9. The summed E-state index contributed by atoms with van der Waals surface area (Å²) >= 11 is 0. The van der Waals surface area contributed by atoms with E-state index in [1.165, 1.54) is 44.2 Å². The molecule has 3 nitrogen and oxygen atoms in total. The Balaban J connectivity index is 1.60. The second-order valence-corrected chi connectivity index (χ2v) is 6.91. The fraction of sp³-hybridized carbons (Fsp3) is 0.684. The number of aliphatic hydroxyl groups is 1. The van der Waals surface area contributed by atoms with Gasteiger partial charge >= 0.3 is 0 Å². The number of hydrogen-bond donors (Lipinski definition) is 1. The molecule has 0 spiro atoms. The van der Waals surface area contributed by atoms with E-state index in [0.717, 1.165) is 32.1 Å². The van der Waals surface area contributed by atoms with Crippen LogP contribution in [0.25, 0.3) is 0 Å². The fourth-order valence-electron chi connectivity index (χ4n) is 4.14. The number of nitrogens with zero attached hydrogens (tertiary/aromatic N) is 2. The normalized spacial score (nSPS) is 25.4. The van der Waals surface area contributed by atoms with Crippen LogP contribution >= 0.6 is 0 Å². The molecule has 1 saturated carbocycles. The highest BCUT2D eigenvalue weighted by atomic mass is 16.3. The minimum atomic E-state index is 0.300. The molecule has 22 heavy (non-hydrogen) atoms. The number of aliphatic hydroxyl groups excluding tert-OH is 1. The Morgan fingerprint density at radius 2 is 1.77 bits per heavy atom. The van der Waals surface area contributed by atoms with E-state index in [1.807, 2.05) is 0 Å². The summed E-state index contributed by atoms with van der Waals surface area (Å²) in [4.78, 5) is 5.28. The monoisotopic (exact) mass is 302 g/mol. The third kappa shape index (κ3) is 4.09. The van der Waals surface area contributed by atoms with Gasteiger partial charge in [0.2, 0.25) is 0 Å². The highest BCUT2D eigenvalue weighted by Gasteiger charge is 2.30. The molecule has 2 aliphatic rings. The van der Waals surface area contributed by atoms with Crippen molar-refractivity contribution < 1.29 is 5.11 Å². The Morgan fingerprint density at radius 1 is 1.00 bits per heavy atom. The minimum Gasteiger partial charge on any atom is -0.396 e. The second-order valence-electron chi connectivity index (χ2n) is 6.91. The van der Waals surface area contributed by atoms with Crippen molar-refractivity contribution in [1.29, 1.82) is 0 Å². The molecule has 1 N–H and O–H groups in total. The van der Waals surface area contributed by atoms with Gasteiger partial charge in [0.1, 0.15) is 0 Å². The molecule has 1 saturated heterocycles. The van der Waals surface area contributed by atoms with Crippen molar-refractivity contribution in [3.8, 4) is 0 Å². The predicted molar refractivity (Wildman–Crippen MR) is 90.8 cm³/mol. The Labute approximate surface area is 134 Å². The van der Waals surface area contributed by atoms with E-state index in [0.29, 0.717) is 12.6 Å². The molecule has 1 aromatic rings. The quantitative estimate of drug-likeness (QED) is 0.906. The van der Waals surface area contributed by atoms with Gasteiger partial charge in [-0.1, -0.05) is 49.6 Å². The van der Waals surface area contributed by atoms with Crippen LogP contribution in [0.3, 0.4) is 0 Å². The topological polar surface area (TPSA) is 26.7 Å². The molecule has 1 aliphatic heterocycles. The highest BCUT2D eigenvalue weighted by molar-refractivity contribution is 5.14. The van der Waals surface area contributed by atoms with Gasteiger partial charge in [0, 0.05) is 44.9 Å². The van der Waals surface area contributed by atoms with Crippen LogP contribution in [0.4, 0.5) is 0 Å². The highest BCUT2D eigenvalue weighted by Crippen LogP contribution is 2.26. The molecule has 0 aromatic heterocycles. The van der Waals surface area contributed by atoms with E-state index in [9.17, 15) is 5.11 Å². The summed E-state index contributed by atoms with van der Waals surface area (Å²) < 4.78 is 0. The van der Waals surface area contributed by atoms with Gasteiger partial charge in [-0.05, 0) is 24.8 Å². The van der Waals surface area contributed by atoms with Crippen molar-refractivity contribution in [2.75, 3.05) is 26.2 Å². The van der Waals surface area contributed by atoms with Gasteiger partial charge in [0.25, 0.3) is 0 Å². The average Bonchev–Trinajstić information content (AvgIpc) is 2.58. The van der Waals surface area contributed by atoms with Crippen molar-refractivity contribution in [2.24, 2.45) is 0 Å². The van der Waals surface area contributed by atoms with E-state index in [2.05, 4.69) is 40.1 Å². The Bertz CT molecular complexity index is 430. The van der Waals surface area contributed by atoms with Crippen LogP contribution in [0.15, 0.2) is 30.3 Å². The van der Waals surface area contributed by atoms with Crippen molar-refractivity contribution in [3.63, 3.8) is 0 Å². The molecule has 1 heterocycles. The maximum atomic E-state index is 9.45. The fourth-order valence-corrected chi connectivity index (χ4v) is 4.14. The van der Waals surface area contributed by atoms with Crippen LogP contribution in [-0.4, -0.2) is 53.2 Å². The molecule has 3 heteroatoms. The van der Waals surface area contributed by atoms with Gasteiger partial charge in [-0.25, -0.2) is 0 Å². The lowest BCUT2D eigenvalue weighted by Gasteiger charge is -2.45. The van der Waals surface area contributed by atoms with Crippen LogP contribution in [0.5, 0.6) is 0 Å². The van der Waals surface area contributed by atoms with Gasteiger partial charge in [0.15, 0.2) is 0 Å². The summed E-state index contributed by atoms with van der Waals surface area (Å²) in [5, 5.41) is 9.45. The first kappa shape index (κ1) is 16.0. The maximum Gasteiger partial charge on any atom is 0.0446 e. The largest absolute Gasteiger partial charge is 0.396 e. The van der Waals surface area contributed by atoms with Gasteiger partial charge < -0.3 is 5.11 Å². The zero-order chi connectivity index (χ0) is 15.2. The molecule has 122 valence electrons. The van der Waals surface area contributed by atoms with E-state index in [-0.39, 0.29) is 0 Å². The average molecular weight is 302 g/mol. The third-order valence-corrected chi connectivity index (χ3v) is 5.42. The Hall–Kier alpha value is -0.900. The SMILES string of the molecule is OCCC1CN(C2CCCCC2)CCN1Cc1ccccc1. The van der Waals surface area contributed by atoms with E-state index < -0.39 is 0 Å². The maximum absolute atomic E-state index is 9.45. The summed E-state index contributed by atoms with van der Waals surface area (Å²) in [5.41, 5.74) is 1.39. The van der Waals surface area contributed by atoms with Crippen LogP contribution in [-0.2, 0) is 6.54 Å². The van der Waals surface area contributed by atoms with Gasteiger partial charge in [0.05, 0.1) is 0 Å². The zero-order valence-electron chi connectivity index (χ0n) is 13.7. The third-order valence-electron chi connectivity index (χ3n) is 5.42. The van der Waals surface area contributed by atoms with Crippen LogP contribution < -0.4 is 0 Å². The Kier molecular flexibility index (Phi) is 5.88. The van der Waals surface area contributed by atoms with Crippen molar-refractivity contribution in [1.82, 2.24) is 9.80 Å². The standard InChI is InChI=1S/C19H30N2O/c22-14-11-19-16-21(18-9-5-2-6-10-18)13-12-20(19)15-17-7-3-1-4-8-17/h1,3-4,7-8,18-19,22H,2,5-6,9-16H2. The lowest BCUT2D eigenvalue weighted by molar-refractivity contribution is 0.0222. The lowest BCUT2D eigenvalue weighted by Crippen LogP contribution is -2.56. The van der Waals surface area contributed by atoms with Crippen LogP contribution in [0.2, 0.25) is 0 Å². The summed E-state index contributed by atoms with van der Waals surface area (Å²) in [7, 11) is 0. The summed E-state index contributed by atoms with van der Waals surface area (Å²) in [6, 6.07) is 12.0. The number of piperazine rings is 1. The summed E-state index contributed by atoms with van der Waals surface area (Å²) in [6.07, 6.45) is 7.88. The Morgan fingerprint density at radius 3 is 2.50 bits per heavy atom. The second kappa shape index (κ2) is 8.09. The lowest BCUT2D eigenvalue weighted by atomic mass is 9.93. The van der Waals surface area contributed by atoms with Crippen molar-refractivity contribution in [3.05, 3.63) is 35.9 Å². The smallest absolute Gasteiger partial charge is 0.0446 e. The van der Waals surface area contributed by atoms with E-state index >= 15 is 0 Å². The molecule has 2 fully saturated rings. The minimum absolute atomic E-state index is 0.300. The van der Waals surface area contributed by atoms with E-state index in [1.54, 1.807) is 0 Å².